The maximum Gasteiger partial charge on any atom is 0.261 e. The Morgan fingerprint density at radius 2 is 1.98 bits per heavy atom. The van der Waals surface area contributed by atoms with E-state index in [2.05, 4.69) is 25.2 Å². The predicted molar refractivity (Wildman–Crippen MR) is 151 cm³/mol. The van der Waals surface area contributed by atoms with Gasteiger partial charge in [0, 0.05) is 56.7 Å². The smallest absolute Gasteiger partial charge is 0.261 e. The Kier molecular flexibility index (Phi) is 7.39. The second kappa shape index (κ2) is 11.0. The number of nitrogens with zero attached hydrogens (tertiary/aromatic N) is 6. The molecule has 0 bridgehead atoms. The number of hydrogen-bond donors (Lipinski definition) is 2. The number of carbonyl (C=O) groups excluding carboxylic acids is 2. The van der Waals surface area contributed by atoms with E-state index in [1.54, 1.807) is 23.0 Å². The van der Waals surface area contributed by atoms with Crippen molar-refractivity contribution in [3.05, 3.63) is 53.5 Å². The standard InChI is InChI=1S/C29H36FN7O4/c1-29(2,40)25(30)18-36-17-19-14-23(33-27(38)22-16-32-37-7-3-6-31-26(22)37)24(15-21(19)28(36)39)35-8-4-20(5-9-35)34-10-12-41-13-11-34/h3,6-7,14-16,20,25,40H,4-5,8-13,17-18H2,1-2H3,(H,33,38)/t25-/m1/s1. The molecule has 3 aromatic rings. The molecule has 2 saturated heterocycles. The van der Waals surface area contributed by atoms with E-state index in [1.165, 1.54) is 24.9 Å². The molecule has 1 aromatic carbocycles. The summed E-state index contributed by atoms with van der Waals surface area (Å²) in [6.45, 7) is 7.69. The van der Waals surface area contributed by atoms with Crippen LogP contribution in [0, 0.1) is 0 Å². The van der Waals surface area contributed by atoms with Crippen molar-refractivity contribution in [2.45, 2.75) is 51.0 Å². The van der Waals surface area contributed by atoms with Crippen molar-refractivity contribution in [2.75, 3.05) is 56.2 Å². The minimum absolute atomic E-state index is 0.200. The first-order valence-electron chi connectivity index (χ1n) is 14.2. The zero-order chi connectivity index (χ0) is 28.7. The third-order valence-electron chi connectivity index (χ3n) is 8.39. The van der Waals surface area contributed by atoms with Crippen LogP contribution in [0.3, 0.4) is 0 Å². The van der Waals surface area contributed by atoms with Crippen molar-refractivity contribution in [1.29, 1.82) is 0 Å². The van der Waals surface area contributed by atoms with Crippen molar-refractivity contribution < 1.29 is 23.8 Å². The lowest BCUT2D eigenvalue weighted by Crippen LogP contribution is -2.49. The number of halogens is 1. The van der Waals surface area contributed by atoms with E-state index in [0.29, 0.717) is 34.1 Å². The number of nitrogens with one attached hydrogen (secondary N) is 1. The summed E-state index contributed by atoms with van der Waals surface area (Å²) in [7, 11) is 0. The summed E-state index contributed by atoms with van der Waals surface area (Å²) < 4.78 is 21.8. The Labute approximate surface area is 237 Å². The minimum atomic E-state index is -1.60. The molecule has 2 fully saturated rings. The fraction of sp³-hybridized carbons (Fsp3) is 0.517. The molecule has 0 spiro atoms. The highest BCUT2D eigenvalue weighted by molar-refractivity contribution is 6.10. The van der Waals surface area contributed by atoms with Crippen LogP contribution in [0.2, 0.25) is 0 Å². The van der Waals surface area contributed by atoms with E-state index in [0.717, 1.165) is 57.9 Å². The number of aromatic nitrogens is 3. The summed E-state index contributed by atoms with van der Waals surface area (Å²) in [5, 5.41) is 17.4. The van der Waals surface area contributed by atoms with E-state index in [1.807, 2.05) is 12.1 Å². The fourth-order valence-electron chi connectivity index (χ4n) is 5.93. The van der Waals surface area contributed by atoms with E-state index < -0.39 is 11.8 Å². The molecule has 41 heavy (non-hydrogen) atoms. The molecule has 0 unspecified atom stereocenters. The Hall–Kier alpha value is -3.61. The van der Waals surface area contributed by atoms with Gasteiger partial charge in [0.2, 0.25) is 0 Å². The third-order valence-corrected chi connectivity index (χ3v) is 8.39. The van der Waals surface area contributed by atoms with Gasteiger partial charge in [-0.15, -0.1) is 0 Å². The van der Waals surface area contributed by atoms with Crippen molar-refractivity contribution in [2.24, 2.45) is 0 Å². The highest BCUT2D eigenvalue weighted by Gasteiger charge is 2.36. The number of hydrogen-bond acceptors (Lipinski definition) is 8. The first-order valence-corrected chi connectivity index (χ1v) is 14.2. The maximum atomic E-state index is 14.7. The molecule has 6 rings (SSSR count). The van der Waals surface area contributed by atoms with Gasteiger partial charge >= 0.3 is 0 Å². The van der Waals surface area contributed by atoms with Gasteiger partial charge in [-0.25, -0.2) is 13.9 Å². The first kappa shape index (κ1) is 27.6. The molecule has 1 atom stereocenters. The monoisotopic (exact) mass is 565 g/mol. The number of morpholine rings is 1. The molecular weight excluding hydrogens is 529 g/mol. The fourth-order valence-corrected chi connectivity index (χ4v) is 5.93. The average molecular weight is 566 g/mol. The molecule has 2 aromatic heterocycles. The van der Waals surface area contributed by atoms with Crippen LogP contribution in [0.15, 0.2) is 36.8 Å². The highest BCUT2D eigenvalue weighted by Crippen LogP contribution is 2.37. The van der Waals surface area contributed by atoms with Gasteiger partial charge in [0.15, 0.2) is 5.65 Å². The average Bonchev–Trinajstić information content (AvgIpc) is 3.53. The number of anilines is 2. The van der Waals surface area contributed by atoms with Crippen molar-refractivity contribution in [3.63, 3.8) is 0 Å². The lowest BCUT2D eigenvalue weighted by atomic mass is 10.00. The van der Waals surface area contributed by atoms with Crippen LogP contribution in [0.5, 0.6) is 0 Å². The summed E-state index contributed by atoms with van der Waals surface area (Å²) in [4.78, 5) is 37.2. The van der Waals surface area contributed by atoms with Gasteiger partial charge in [0.1, 0.15) is 11.7 Å². The number of fused-ring (bicyclic) bond motifs is 2. The topological polar surface area (TPSA) is 116 Å². The second-order valence-corrected chi connectivity index (χ2v) is 11.6. The normalized spacial score (nSPS) is 19.6. The summed E-state index contributed by atoms with van der Waals surface area (Å²) in [6.07, 6.45) is 5.14. The highest BCUT2D eigenvalue weighted by atomic mass is 19.1. The molecule has 2 amide bonds. The molecule has 11 nitrogen and oxygen atoms in total. The Bertz CT molecular complexity index is 1440. The van der Waals surface area contributed by atoms with Gasteiger partial charge in [-0.2, -0.15) is 5.10 Å². The molecule has 2 N–H and O–H groups in total. The molecule has 3 aliphatic rings. The zero-order valence-electron chi connectivity index (χ0n) is 23.4. The summed E-state index contributed by atoms with van der Waals surface area (Å²) >= 11 is 0. The summed E-state index contributed by atoms with van der Waals surface area (Å²) in [6, 6.07) is 5.86. The molecule has 0 aliphatic carbocycles. The van der Waals surface area contributed by atoms with Gasteiger partial charge in [0.05, 0.1) is 42.9 Å². The van der Waals surface area contributed by atoms with Crippen LogP contribution in [-0.4, -0.2) is 105 Å². The van der Waals surface area contributed by atoms with Crippen LogP contribution >= 0.6 is 0 Å². The van der Waals surface area contributed by atoms with Crippen LogP contribution in [-0.2, 0) is 11.3 Å². The number of carbonyl (C=O) groups is 2. The van der Waals surface area contributed by atoms with Gasteiger partial charge in [-0.05, 0) is 50.5 Å². The van der Waals surface area contributed by atoms with Gasteiger partial charge in [-0.1, -0.05) is 0 Å². The van der Waals surface area contributed by atoms with Crippen LogP contribution in [0.4, 0.5) is 15.8 Å². The zero-order valence-corrected chi connectivity index (χ0v) is 23.4. The minimum Gasteiger partial charge on any atom is -0.387 e. The van der Waals surface area contributed by atoms with Crippen LogP contribution in [0.25, 0.3) is 5.65 Å². The quantitative estimate of drug-likeness (QED) is 0.449. The lowest BCUT2D eigenvalue weighted by Gasteiger charge is -2.41. The van der Waals surface area contributed by atoms with Gasteiger partial charge in [0.25, 0.3) is 11.8 Å². The summed E-state index contributed by atoms with van der Waals surface area (Å²) in [5.74, 6) is -0.629. The molecule has 5 heterocycles. The van der Waals surface area contributed by atoms with Gasteiger partial charge < -0.3 is 25.0 Å². The predicted octanol–water partition coefficient (Wildman–Crippen LogP) is 2.35. The van der Waals surface area contributed by atoms with E-state index in [9.17, 15) is 19.1 Å². The van der Waals surface area contributed by atoms with Crippen LogP contribution < -0.4 is 10.2 Å². The van der Waals surface area contributed by atoms with Crippen molar-refractivity contribution in [1.82, 2.24) is 24.4 Å². The Balaban J connectivity index is 1.28. The molecular formula is C29H36FN7O4. The number of benzene rings is 1. The number of aliphatic hydroxyl groups is 1. The molecule has 3 aliphatic heterocycles. The number of piperidine rings is 1. The number of amides is 2. The largest absolute Gasteiger partial charge is 0.387 e. The number of rotatable bonds is 7. The Morgan fingerprint density at radius 1 is 1.22 bits per heavy atom. The van der Waals surface area contributed by atoms with Crippen molar-refractivity contribution in [3.8, 4) is 0 Å². The molecule has 0 saturated carbocycles. The molecule has 0 radical (unpaired) electrons. The SMILES string of the molecule is CC(C)(O)[C@H](F)CN1Cc2cc(NC(=O)c3cnn4cccnc34)c(N3CCC(N4CCOCC4)CC3)cc2C1=O. The summed E-state index contributed by atoms with van der Waals surface area (Å²) in [5.41, 5.74) is 1.77. The molecule has 218 valence electrons. The van der Waals surface area contributed by atoms with E-state index in [4.69, 9.17) is 4.74 Å². The first-order chi connectivity index (χ1) is 19.7. The van der Waals surface area contributed by atoms with Crippen molar-refractivity contribution >= 4 is 28.8 Å². The third kappa shape index (κ3) is 5.51. The maximum absolute atomic E-state index is 14.7. The van der Waals surface area contributed by atoms with Crippen LogP contribution in [0.1, 0.15) is 53.0 Å². The lowest BCUT2D eigenvalue weighted by molar-refractivity contribution is -0.0159. The van der Waals surface area contributed by atoms with E-state index in [-0.39, 0.29) is 24.9 Å². The Morgan fingerprint density at radius 3 is 2.71 bits per heavy atom. The van der Waals surface area contributed by atoms with Gasteiger partial charge in [-0.3, -0.25) is 14.5 Å². The molecule has 12 heteroatoms. The van der Waals surface area contributed by atoms with E-state index >= 15 is 0 Å². The second-order valence-electron chi connectivity index (χ2n) is 11.6. The number of ether oxygens (including phenoxy) is 1. The number of alkyl halides is 1.